The Morgan fingerprint density at radius 3 is 2.86 bits per heavy atom. The Bertz CT molecular complexity index is 722. The van der Waals surface area contributed by atoms with E-state index in [0.29, 0.717) is 11.3 Å². The highest BCUT2D eigenvalue weighted by atomic mass is 79.9. The first-order chi connectivity index (χ1) is 10.2. The second kappa shape index (κ2) is 6.00. The standard InChI is InChI=1S/C16H13BrN2OS/c17-12-6-5-11(9-18)13(8-12)19-16(20)15-7-10-3-1-2-4-14(10)21-15/h5-8H,1-4H2,(H,19,20). The summed E-state index contributed by atoms with van der Waals surface area (Å²) < 4.78 is 0.835. The van der Waals surface area contributed by atoms with Gasteiger partial charge < -0.3 is 5.32 Å². The van der Waals surface area contributed by atoms with Crippen molar-refractivity contribution < 1.29 is 4.79 Å². The normalized spacial score (nSPS) is 13.3. The van der Waals surface area contributed by atoms with Gasteiger partial charge in [-0.05, 0) is 55.5 Å². The van der Waals surface area contributed by atoms with Gasteiger partial charge in [-0.2, -0.15) is 5.26 Å². The molecular formula is C16H13BrN2OS. The molecule has 1 aliphatic carbocycles. The van der Waals surface area contributed by atoms with E-state index in [2.05, 4.69) is 27.3 Å². The molecule has 5 heteroatoms. The van der Waals surface area contributed by atoms with Crippen LogP contribution >= 0.6 is 27.3 Å². The molecule has 2 aromatic rings. The van der Waals surface area contributed by atoms with E-state index in [-0.39, 0.29) is 5.91 Å². The number of nitriles is 1. The summed E-state index contributed by atoms with van der Waals surface area (Å²) in [6.45, 7) is 0. The number of carbonyl (C=O) groups excluding carboxylic acids is 1. The summed E-state index contributed by atoms with van der Waals surface area (Å²) in [6, 6.07) is 9.33. The third-order valence-corrected chi connectivity index (χ3v) is 5.30. The number of amides is 1. The first kappa shape index (κ1) is 14.3. The summed E-state index contributed by atoms with van der Waals surface area (Å²) in [5.41, 5.74) is 2.32. The van der Waals surface area contributed by atoms with Gasteiger partial charge in [0.1, 0.15) is 6.07 Å². The lowest BCUT2D eigenvalue weighted by Gasteiger charge is -2.08. The van der Waals surface area contributed by atoms with E-state index in [1.54, 1.807) is 29.5 Å². The van der Waals surface area contributed by atoms with Crippen LogP contribution in [0.2, 0.25) is 0 Å². The van der Waals surface area contributed by atoms with Crippen molar-refractivity contribution in [3.63, 3.8) is 0 Å². The summed E-state index contributed by atoms with van der Waals surface area (Å²) >= 11 is 4.93. The minimum Gasteiger partial charge on any atom is -0.320 e. The van der Waals surface area contributed by atoms with Crippen LogP contribution in [0.5, 0.6) is 0 Å². The van der Waals surface area contributed by atoms with Gasteiger partial charge in [0.25, 0.3) is 5.91 Å². The summed E-state index contributed by atoms with van der Waals surface area (Å²) in [5, 5.41) is 12.0. The number of nitrogens with zero attached hydrogens (tertiary/aromatic N) is 1. The number of benzene rings is 1. The van der Waals surface area contributed by atoms with Crippen LogP contribution < -0.4 is 5.32 Å². The Balaban J connectivity index is 1.85. The largest absolute Gasteiger partial charge is 0.320 e. The maximum absolute atomic E-state index is 12.4. The lowest BCUT2D eigenvalue weighted by Crippen LogP contribution is -2.11. The zero-order valence-electron chi connectivity index (χ0n) is 11.3. The topological polar surface area (TPSA) is 52.9 Å². The first-order valence-corrected chi connectivity index (χ1v) is 8.41. The van der Waals surface area contributed by atoms with E-state index in [4.69, 9.17) is 5.26 Å². The molecule has 3 rings (SSSR count). The molecule has 1 amide bonds. The minimum absolute atomic E-state index is 0.135. The highest BCUT2D eigenvalue weighted by Crippen LogP contribution is 2.30. The molecule has 0 unspecified atom stereocenters. The van der Waals surface area contributed by atoms with Gasteiger partial charge >= 0.3 is 0 Å². The zero-order chi connectivity index (χ0) is 14.8. The van der Waals surface area contributed by atoms with Crippen molar-refractivity contribution in [3.8, 4) is 6.07 Å². The number of halogens is 1. The first-order valence-electron chi connectivity index (χ1n) is 6.80. The monoisotopic (exact) mass is 360 g/mol. The van der Waals surface area contributed by atoms with Gasteiger partial charge in [0.05, 0.1) is 16.1 Å². The molecule has 1 aromatic heterocycles. The van der Waals surface area contributed by atoms with Gasteiger partial charge in [0.2, 0.25) is 0 Å². The average Bonchev–Trinajstić information content (AvgIpc) is 2.91. The van der Waals surface area contributed by atoms with E-state index in [0.717, 1.165) is 22.2 Å². The van der Waals surface area contributed by atoms with E-state index < -0.39 is 0 Å². The van der Waals surface area contributed by atoms with Gasteiger partial charge in [-0.15, -0.1) is 11.3 Å². The molecule has 1 aromatic carbocycles. The fourth-order valence-corrected chi connectivity index (χ4v) is 4.01. The lowest BCUT2D eigenvalue weighted by atomic mass is 9.99. The van der Waals surface area contributed by atoms with E-state index >= 15 is 0 Å². The Labute approximate surface area is 135 Å². The summed E-state index contributed by atoms with van der Waals surface area (Å²) in [6.07, 6.45) is 4.56. The van der Waals surface area contributed by atoms with Gasteiger partial charge in [0.15, 0.2) is 0 Å². The number of aryl methyl sites for hydroxylation is 2. The maximum Gasteiger partial charge on any atom is 0.265 e. The van der Waals surface area contributed by atoms with Crippen molar-refractivity contribution in [2.24, 2.45) is 0 Å². The predicted octanol–water partition coefficient (Wildman–Crippen LogP) is 4.51. The van der Waals surface area contributed by atoms with Crippen molar-refractivity contribution in [2.45, 2.75) is 25.7 Å². The van der Waals surface area contributed by atoms with Crippen molar-refractivity contribution in [1.82, 2.24) is 0 Å². The van der Waals surface area contributed by atoms with Crippen LogP contribution in [0.4, 0.5) is 5.69 Å². The van der Waals surface area contributed by atoms with Gasteiger partial charge in [-0.1, -0.05) is 15.9 Å². The van der Waals surface area contributed by atoms with Crippen LogP contribution in [-0.4, -0.2) is 5.91 Å². The average molecular weight is 361 g/mol. The van der Waals surface area contributed by atoms with Crippen LogP contribution in [0.15, 0.2) is 28.7 Å². The molecule has 21 heavy (non-hydrogen) atoms. The number of hydrogen-bond donors (Lipinski definition) is 1. The SMILES string of the molecule is N#Cc1ccc(Br)cc1NC(=O)c1cc2c(s1)CCCC2. The van der Waals surface area contributed by atoms with Crippen molar-refractivity contribution in [2.75, 3.05) is 5.32 Å². The Kier molecular flexibility index (Phi) is 4.09. The van der Waals surface area contributed by atoms with E-state index in [1.807, 2.05) is 6.07 Å². The molecular weight excluding hydrogens is 348 g/mol. The van der Waals surface area contributed by atoms with E-state index in [1.165, 1.54) is 23.3 Å². The number of nitrogens with one attached hydrogen (secondary N) is 1. The number of thiophene rings is 1. The molecule has 1 aliphatic rings. The lowest BCUT2D eigenvalue weighted by molar-refractivity contribution is 0.103. The summed E-state index contributed by atoms with van der Waals surface area (Å²) in [5.74, 6) is -0.135. The molecule has 3 nitrogen and oxygen atoms in total. The number of hydrogen-bond acceptors (Lipinski definition) is 3. The molecule has 0 bridgehead atoms. The molecule has 1 N–H and O–H groups in total. The third kappa shape index (κ3) is 3.02. The predicted molar refractivity (Wildman–Crippen MR) is 87.8 cm³/mol. The van der Waals surface area contributed by atoms with Crippen LogP contribution in [0.3, 0.4) is 0 Å². The molecule has 106 valence electrons. The molecule has 0 saturated carbocycles. The molecule has 0 radical (unpaired) electrons. The minimum atomic E-state index is -0.135. The Hall–Kier alpha value is -1.64. The Morgan fingerprint density at radius 1 is 1.29 bits per heavy atom. The smallest absolute Gasteiger partial charge is 0.265 e. The zero-order valence-corrected chi connectivity index (χ0v) is 13.7. The van der Waals surface area contributed by atoms with Gasteiger partial charge in [-0.25, -0.2) is 0 Å². The molecule has 0 fully saturated rings. The molecule has 0 atom stereocenters. The van der Waals surface area contributed by atoms with Gasteiger partial charge in [0, 0.05) is 9.35 Å². The second-order valence-corrected chi connectivity index (χ2v) is 7.07. The Morgan fingerprint density at radius 2 is 2.10 bits per heavy atom. The van der Waals surface area contributed by atoms with E-state index in [9.17, 15) is 4.79 Å². The fourth-order valence-electron chi connectivity index (χ4n) is 2.50. The van der Waals surface area contributed by atoms with Crippen LogP contribution in [-0.2, 0) is 12.8 Å². The number of anilines is 1. The summed E-state index contributed by atoms with van der Waals surface area (Å²) in [7, 11) is 0. The highest BCUT2D eigenvalue weighted by Gasteiger charge is 2.18. The molecule has 0 aliphatic heterocycles. The highest BCUT2D eigenvalue weighted by molar-refractivity contribution is 9.10. The number of carbonyl (C=O) groups is 1. The number of rotatable bonds is 2. The van der Waals surface area contributed by atoms with Crippen LogP contribution in [0.25, 0.3) is 0 Å². The second-order valence-electron chi connectivity index (χ2n) is 5.02. The molecule has 0 spiro atoms. The van der Waals surface area contributed by atoms with Crippen molar-refractivity contribution in [1.29, 1.82) is 5.26 Å². The van der Waals surface area contributed by atoms with Crippen molar-refractivity contribution >= 4 is 38.9 Å². The quantitative estimate of drug-likeness (QED) is 0.856. The fraction of sp³-hybridized carbons (Fsp3) is 0.250. The van der Waals surface area contributed by atoms with Crippen LogP contribution in [0.1, 0.15) is 38.5 Å². The van der Waals surface area contributed by atoms with Crippen LogP contribution in [0, 0.1) is 11.3 Å². The number of fused-ring (bicyclic) bond motifs is 1. The third-order valence-electron chi connectivity index (χ3n) is 3.57. The molecule has 1 heterocycles. The molecule has 0 saturated heterocycles. The summed E-state index contributed by atoms with van der Waals surface area (Å²) in [4.78, 5) is 14.4. The van der Waals surface area contributed by atoms with Gasteiger partial charge in [-0.3, -0.25) is 4.79 Å². The maximum atomic E-state index is 12.4. The van der Waals surface area contributed by atoms with Crippen molar-refractivity contribution in [3.05, 3.63) is 49.6 Å².